The number of rotatable bonds is 9. The first-order valence-corrected chi connectivity index (χ1v) is 6.64. The summed E-state index contributed by atoms with van der Waals surface area (Å²) in [6.07, 6.45) is 3.95. The third-order valence-corrected chi connectivity index (χ3v) is 2.92. The Labute approximate surface area is 109 Å². The molecule has 5 heteroatoms. The quantitative estimate of drug-likeness (QED) is 0.584. The Morgan fingerprint density at radius 2 is 1.94 bits per heavy atom. The number of carbonyl (C=O) groups excluding carboxylic acids is 1. The number of nitrogens with two attached hydrogens (primary N) is 1. The number of nitrogens with one attached hydrogen (secondary N) is 1. The highest BCUT2D eigenvalue weighted by atomic mass is 16.4. The second kappa shape index (κ2) is 8.91. The Morgan fingerprint density at radius 3 is 2.39 bits per heavy atom. The van der Waals surface area contributed by atoms with Crippen molar-refractivity contribution in [2.75, 3.05) is 0 Å². The molecule has 0 saturated heterocycles. The van der Waals surface area contributed by atoms with Crippen LogP contribution >= 0.6 is 0 Å². The molecular formula is C13H26N2O3. The zero-order chi connectivity index (χ0) is 14.1. The zero-order valence-electron chi connectivity index (χ0n) is 11.6. The Hall–Kier alpha value is -1.10. The maximum absolute atomic E-state index is 11.5. The summed E-state index contributed by atoms with van der Waals surface area (Å²) in [5.41, 5.74) is 5.47. The molecule has 0 aliphatic heterocycles. The maximum atomic E-state index is 11.5. The molecule has 1 amide bonds. The van der Waals surface area contributed by atoms with Gasteiger partial charge in [0.15, 0.2) is 0 Å². The van der Waals surface area contributed by atoms with Crippen molar-refractivity contribution in [3.8, 4) is 0 Å². The van der Waals surface area contributed by atoms with Crippen LogP contribution in [0.5, 0.6) is 0 Å². The van der Waals surface area contributed by atoms with Crippen LogP contribution in [0.2, 0.25) is 0 Å². The van der Waals surface area contributed by atoms with Crippen molar-refractivity contribution >= 4 is 11.9 Å². The second-order valence-corrected chi connectivity index (χ2v) is 5.08. The highest BCUT2D eigenvalue weighted by Gasteiger charge is 2.20. The van der Waals surface area contributed by atoms with Crippen LogP contribution in [0.3, 0.4) is 0 Å². The summed E-state index contributed by atoms with van der Waals surface area (Å²) >= 11 is 0. The molecule has 0 rings (SSSR count). The van der Waals surface area contributed by atoms with Gasteiger partial charge in [0.25, 0.3) is 0 Å². The smallest absolute Gasteiger partial charge is 0.305 e. The molecule has 0 aromatic rings. The monoisotopic (exact) mass is 258 g/mol. The summed E-state index contributed by atoms with van der Waals surface area (Å²) in [6.45, 7) is 5.80. The van der Waals surface area contributed by atoms with Crippen LogP contribution in [0.15, 0.2) is 0 Å². The molecule has 0 aliphatic carbocycles. The van der Waals surface area contributed by atoms with Crippen LogP contribution < -0.4 is 11.1 Å². The molecule has 0 spiro atoms. The van der Waals surface area contributed by atoms with E-state index in [0.717, 1.165) is 19.3 Å². The van der Waals surface area contributed by atoms with Crippen LogP contribution in [0, 0.1) is 5.92 Å². The Bertz CT molecular complexity index is 267. The van der Waals surface area contributed by atoms with Crippen molar-refractivity contribution in [3.63, 3.8) is 0 Å². The first-order chi connectivity index (χ1) is 8.36. The standard InChI is InChI=1S/C13H26N2O3/c1-4-5-6-9(2)7-11(8-12(16)17)15-13(18)10(3)14/h9-11H,4-8,14H2,1-3H3,(H,15,18)(H,16,17)/t9?,10-,11-/m0/s1. The predicted molar refractivity (Wildman–Crippen MR) is 71.1 cm³/mol. The summed E-state index contributed by atoms with van der Waals surface area (Å²) in [6, 6.07) is -0.930. The Kier molecular flexibility index (Phi) is 8.37. The van der Waals surface area contributed by atoms with Gasteiger partial charge in [0.2, 0.25) is 5.91 Å². The van der Waals surface area contributed by atoms with Crippen LogP contribution in [0.1, 0.15) is 52.9 Å². The third-order valence-electron chi connectivity index (χ3n) is 2.92. The van der Waals surface area contributed by atoms with Gasteiger partial charge >= 0.3 is 5.97 Å². The molecular weight excluding hydrogens is 232 g/mol. The molecule has 4 N–H and O–H groups in total. The average Bonchev–Trinajstić information content (AvgIpc) is 2.24. The minimum atomic E-state index is -0.896. The summed E-state index contributed by atoms with van der Waals surface area (Å²) in [7, 11) is 0. The number of carboxylic acid groups (broad SMARTS) is 1. The van der Waals surface area contributed by atoms with Gasteiger partial charge in [0.05, 0.1) is 12.5 Å². The molecule has 3 atom stereocenters. The van der Waals surface area contributed by atoms with E-state index in [0.29, 0.717) is 12.3 Å². The minimum Gasteiger partial charge on any atom is -0.481 e. The van der Waals surface area contributed by atoms with Crippen molar-refractivity contribution in [1.82, 2.24) is 5.32 Å². The number of amides is 1. The number of carbonyl (C=O) groups is 2. The summed E-state index contributed by atoms with van der Waals surface area (Å²) in [4.78, 5) is 22.3. The lowest BCUT2D eigenvalue weighted by Crippen LogP contribution is -2.45. The van der Waals surface area contributed by atoms with E-state index in [1.807, 2.05) is 0 Å². The number of hydrogen-bond donors (Lipinski definition) is 3. The van der Waals surface area contributed by atoms with Gasteiger partial charge in [-0.05, 0) is 19.3 Å². The molecule has 1 unspecified atom stereocenters. The van der Waals surface area contributed by atoms with E-state index in [4.69, 9.17) is 10.8 Å². The molecule has 0 bridgehead atoms. The third kappa shape index (κ3) is 8.06. The molecule has 18 heavy (non-hydrogen) atoms. The lowest BCUT2D eigenvalue weighted by molar-refractivity contribution is -0.137. The van der Waals surface area contributed by atoms with Gasteiger partial charge < -0.3 is 16.2 Å². The SMILES string of the molecule is CCCCC(C)C[C@@H](CC(=O)O)NC(=O)[C@H](C)N. The van der Waals surface area contributed by atoms with Crippen molar-refractivity contribution in [2.24, 2.45) is 11.7 Å². The summed E-state index contributed by atoms with van der Waals surface area (Å²) in [5, 5.41) is 11.6. The van der Waals surface area contributed by atoms with Gasteiger partial charge in [-0.2, -0.15) is 0 Å². The highest BCUT2D eigenvalue weighted by molar-refractivity contribution is 5.81. The lowest BCUT2D eigenvalue weighted by atomic mass is 9.94. The number of aliphatic carboxylic acids is 1. The van der Waals surface area contributed by atoms with Crippen molar-refractivity contribution in [3.05, 3.63) is 0 Å². The van der Waals surface area contributed by atoms with Crippen molar-refractivity contribution in [1.29, 1.82) is 0 Å². The lowest BCUT2D eigenvalue weighted by Gasteiger charge is -2.21. The van der Waals surface area contributed by atoms with Crippen LogP contribution in [0.25, 0.3) is 0 Å². The van der Waals surface area contributed by atoms with Gasteiger partial charge in [0.1, 0.15) is 0 Å². The number of hydrogen-bond acceptors (Lipinski definition) is 3. The van der Waals surface area contributed by atoms with Gasteiger partial charge in [-0.15, -0.1) is 0 Å². The molecule has 0 aromatic carbocycles. The predicted octanol–water partition coefficient (Wildman–Crippen LogP) is 1.51. The molecule has 0 aromatic heterocycles. The highest BCUT2D eigenvalue weighted by Crippen LogP contribution is 2.15. The number of unbranched alkanes of at least 4 members (excludes halogenated alkanes) is 1. The fourth-order valence-electron chi connectivity index (χ4n) is 1.89. The van der Waals surface area contributed by atoms with E-state index in [2.05, 4.69) is 19.2 Å². The van der Waals surface area contributed by atoms with Crippen molar-refractivity contribution in [2.45, 2.75) is 65.0 Å². The maximum Gasteiger partial charge on any atom is 0.305 e. The minimum absolute atomic E-state index is 0.0467. The van der Waals surface area contributed by atoms with Crippen LogP contribution in [-0.4, -0.2) is 29.1 Å². The topological polar surface area (TPSA) is 92.4 Å². The van der Waals surface area contributed by atoms with Crippen LogP contribution in [-0.2, 0) is 9.59 Å². The number of carboxylic acids is 1. The largest absolute Gasteiger partial charge is 0.481 e. The normalized spacial score (nSPS) is 15.8. The van der Waals surface area contributed by atoms with E-state index in [1.165, 1.54) is 0 Å². The van der Waals surface area contributed by atoms with E-state index in [1.54, 1.807) is 6.92 Å². The molecule has 5 nitrogen and oxygen atoms in total. The molecule has 0 fully saturated rings. The van der Waals surface area contributed by atoms with Gasteiger partial charge in [-0.25, -0.2) is 0 Å². The Balaban J connectivity index is 4.30. The first-order valence-electron chi connectivity index (χ1n) is 6.64. The molecule has 0 aliphatic rings. The average molecular weight is 258 g/mol. The van der Waals surface area contributed by atoms with E-state index >= 15 is 0 Å². The fraction of sp³-hybridized carbons (Fsp3) is 0.846. The second-order valence-electron chi connectivity index (χ2n) is 5.08. The van der Waals surface area contributed by atoms with Gasteiger partial charge in [0, 0.05) is 6.04 Å². The molecule has 0 radical (unpaired) electrons. The van der Waals surface area contributed by atoms with Gasteiger partial charge in [-0.3, -0.25) is 9.59 Å². The van der Waals surface area contributed by atoms with E-state index < -0.39 is 12.0 Å². The zero-order valence-corrected chi connectivity index (χ0v) is 11.6. The molecule has 106 valence electrons. The van der Waals surface area contributed by atoms with E-state index in [9.17, 15) is 9.59 Å². The van der Waals surface area contributed by atoms with Crippen molar-refractivity contribution < 1.29 is 14.7 Å². The molecule has 0 saturated carbocycles. The summed E-state index contributed by atoms with van der Waals surface area (Å²) in [5.74, 6) is -0.778. The van der Waals surface area contributed by atoms with E-state index in [-0.39, 0.29) is 18.4 Å². The van der Waals surface area contributed by atoms with Gasteiger partial charge in [-0.1, -0.05) is 33.1 Å². The molecule has 0 heterocycles. The first kappa shape index (κ1) is 16.9. The fourth-order valence-corrected chi connectivity index (χ4v) is 1.89. The Morgan fingerprint density at radius 1 is 1.33 bits per heavy atom. The van der Waals surface area contributed by atoms with Crippen LogP contribution in [0.4, 0.5) is 0 Å². The summed E-state index contributed by atoms with van der Waals surface area (Å²) < 4.78 is 0.